The first-order valence-corrected chi connectivity index (χ1v) is 9.78. The smallest absolute Gasteiger partial charge is 0.251 e. The Morgan fingerprint density at radius 1 is 1.27 bits per heavy atom. The van der Waals surface area contributed by atoms with E-state index in [1.807, 2.05) is 56.7 Å². The van der Waals surface area contributed by atoms with E-state index in [2.05, 4.69) is 27.7 Å². The van der Waals surface area contributed by atoms with E-state index in [9.17, 15) is 4.79 Å². The van der Waals surface area contributed by atoms with E-state index in [1.165, 1.54) is 5.56 Å². The molecule has 0 fully saturated rings. The molecule has 1 N–H and O–H groups in total. The molecule has 0 aliphatic heterocycles. The molecule has 0 saturated heterocycles. The average molecular weight is 366 g/mol. The van der Waals surface area contributed by atoms with E-state index in [-0.39, 0.29) is 5.91 Å². The van der Waals surface area contributed by atoms with Crippen molar-refractivity contribution >= 4 is 17.7 Å². The zero-order valence-corrected chi connectivity index (χ0v) is 16.0. The Hall–Kier alpha value is -2.60. The lowest BCUT2D eigenvalue weighted by Crippen LogP contribution is -2.22. The lowest BCUT2D eigenvalue weighted by Gasteiger charge is -2.07. The monoisotopic (exact) mass is 366 g/mol. The summed E-state index contributed by atoms with van der Waals surface area (Å²) < 4.78 is 1.75. The Labute approximate surface area is 157 Å². The van der Waals surface area contributed by atoms with Crippen LogP contribution >= 0.6 is 11.8 Å². The van der Waals surface area contributed by atoms with Crippen molar-refractivity contribution in [3.8, 4) is 11.3 Å². The van der Waals surface area contributed by atoms with Crippen molar-refractivity contribution in [1.82, 2.24) is 20.1 Å². The van der Waals surface area contributed by atoms with Crippen LogP contribution in [0, 0.1) is 6.92 Å². The average Bonchev–Trinajstić information content (AvgIpc) is 2.98. The maximum Gasteiger partial charge on any atom is 0.251 e. The summed E-state index contributed by atoms with van der Waals surface area (Å²) in [5, 5.41) is 7.25. The van der Waals surface area contributed by atoms with Crippen LogP contribution in [-0.2, 0) is 19.3 Å². The van der Waals surface area contributed by atoms with Crippen LogP contribution in [-0.4, -0.2) is 26.9 Å². The minimum absolute atomic E-state index is 0.103. The highest BCUT2D eigenvalue weighted by Gasteiger charge is 2.10. The molecule has 0 unspecified atom stereocenters. The fourth-order valence-corrected chi connectivity index (χ4v) is 3.27. The van der Waals surface area contributed by atoms with Gasteiger partial charge in [0.25, 0.3) is 5.91 Å². The molecule has 134 valence electrons. The van der Waals surface area contributed by atoms with Gasteiger partial charge in [0.2, 0.25) is 0 Å². The van der Waals surface area contributed by atoms with Crippen molar-refractivity contribution in [2.45, 2.75) is 19.2 Å². The predicted octanol–water partition coefficient (Wildman–Crippen LogP) is 3.58. The van der Waals surface area contributed by atoms with Crippen LogP contribution < -0.4 is 5.32 Å². The molecule has 3 aromatic rings. The molecule has 0 saturated carbocycles. The van der Waals surface area contributed by atoms with Gasteiger partial charge in [0.1, 0.15) is 0 Å². The zero-order valence-electron chi connectivity index (χ0n) is 15.2. The predicted molar refractivity (Wildman–Crippen MR) is 106 cm³/mol. The number of nitrogens with zero attached hydrogens (tertiary/aromatic N) is 3. The standard InChI is InChI=1S/C20H22N4OS/c1-14-18(12-24(2)23-14)11-22-20(25)17-6-4-5-16(9-17)19-8-7-15(10-21-19)13-26-3/h4-10,12H,11,13H2,1-3H3,(H,22,25). The van der Waals surface area contributed by atoms with Gasteiger partial charge in [-0.2, -0.15) is 16.9 Å². The van der Waals surface area contributed by atoms with Crippen molar-refractivity contribution in [2.75, 3.05) is 6.26 Å². The van der Waals surface area contributed by atoms with Gasteiger partial charge in [0, 0.05) is 48.4 Å². The van der Waals surface area contributed by atoms with Crippen LogP contribution in [0.4, 0.5) is 0 Å². The SMILES string of the molecule is CSCc1ccc(-c2cccc(C(=O)NCc3cn(C)nc3C)c2)nc1. The molecule has 6 heteroatoms. The third-order valence-corrected chi connectivity index (χ3v) is 4.73. The highest BCUT2D eigenvalue weighted by Crippen LogP contribution is 2.20. The lowest BCUT2D eigenvalue weighted by atomic mass is 10.1. The molecule has 1 aromatic carbocycles. The molecule has 2 aromatic heterocycles. The minimum Gasteiger partial charge on any atom is -0.348 e. The molecule has 1 amide bonds. The van der Waals surface area contributed by atoms with Crippen LogP contribution in [0.1, 0.15) is 27.2 Å². The second-order valence-corrected chi connectivity index (χ2v) is 7.03. The van der Waals surface area contributed by atoms with Gasteiger partial charge in [-0.1, -0.05) is 18.2 Å². The van der Waals surface area contributed by atoms with Crippen LogP contribution in [0.25, 0.3) is 11.3 Å². The summed E-state index contributed by atoms with van der Waals surface area (Å²) in [6, 6.07) is 11.6. The molecule has 26 heavy (non-hydrogen) atoms. The Kier molecular flexibility index (Phi) is 5.73. The molecule has 0 bridgehead atoms. The highest BCUT2D eigenvalue weighted by molar-refractivity contribution is 7.97. The maximum absolute atomic E-state index is 12.5. The number of pyridine rings is 1. The summed E-state index contributed by atoms with van der Waals surface area (Å²) in [5.41, 5.74) is 5.57. The van der Waals surface area contributed by atoms with Crippen molar-refractivity contribution in [2.24, 2.45) is 7.05 Å². The Bertz CT molecular complexity index is 902. The van der Waals surface area contributed by atoms with Crippen molar-refractivity contribution in [3.63, 3.8) is 0 Å². The van der Waals surface area contributed by atoms with Gasteiger partial charge < -0.3 is 5.32 Å². The number of nitrogens with one attached hydrogen (secondary N) is 1. The fourth-order valence-electron chi connectivity index (χ4n) is 2.77. The van der Waals surface area contributed by atoms with E-state index in [4.69, 9.17) is 0 Å². The molecule has 0 spiro atoms. The zero-order chi connectivity index (χ0) is 18.5. The van der Waals surface area contributed by atoms with Crippen LogP contribution in [0.3, 0.4) is 0 Å². The van der Waals surface area contributed by atoms with E-state index in [0.717, 1.165) is 28.3 Å². The van der Waals surface area contributed by atoms with Crippen molar-refractivity contribution in [3.05, 3.63) is 71.2 Å². The minimum atomic E-state index is -0.103. The Balaban J connectivity index is 1.71. The van der Waals surface area contributed by atoms with Gasteiger partial charge >= 0.3 is 0 Å². The van der Waals surface area contributed by atoms with E-state index < -0.39 is 0 Å². The Morgan fingerprint density at radius 3 is 2.77 bits per heavy atom. The van der Waals surface area contributed by atoms with Gasteiger partial charge in [0.05, 0.1) is 11.4 Å². The maximum atomic E-state index is 12.5. The summed E-state index contributed by atoms with van der Waals surface area (Å²) in [5.74, 6) is 0.845. The number of rotatable bonds is 6. The molecule has 0 atom stereocenters. The van der Waals surface area contributed by atoms with Gasteiger partial charge in [-0.05, 0) is 36.9 Å². The number of aryl methyl sites for hydroxylation is 2. The molecule has 2 heterocycles. The van der Waals surface area contributed by atoms with E-state index >= 15 is 0 Å². The molecular formula is C20H22N4OS. The molecule has 5 nitrogen and oxygen atoms in total. The van der Waals surface area contributed by atoms with Gasteiger partial charge in [0.15, 0.2) is 0 Å². The summed E-state index contributed by atoms with van der Waals surface area (Å²) in [6.45, 7) is 2.40. The second-order valence-electron chi connectivity index (χ2n) is 6.16. The number of thioether (sulfide) groups is 1. The van der Waals surface area contributed by atoms with Crippen LogP contribution in [0.15, 0.2) is 48.8 Å². The molecule has 0 aliphatic carbocycles. The number of carbonyl (C=O) groups is 1. The third kappa shape index (κ3) is 4.32. The number of carbonyl (C=O) groups excluding carboxylic acids is 1. The number of hydrogen-bond donors (Lipinski definition) is 1. The number of benzene rings is 1. The van der Waals surface area contributed by atoms with Gasteiger partial charge in [-0.3, -0.25) is 14.5 Å². The first-order chi connectivity index (χ1) is 12.6. The molecular weight excluding hydrogens is 344 g/mol. The lowest BCUT2D eigenvalue weighted by molar-refractivity contribution is 0.0951. The molecule has 0 radical (unpaired) electrons. The van der Waals surface area contributed by atoms with Crippen LogP contribution in [0.5, 0.6) is 0 Å². The first-order valence-electron chi connectivity index (χ1n) is 8.38. The summed E-state index contributed by atoms with van der Waals surface area (Å²) in [7, 11) is 1.87. The largest absolute Gasteiger partial charge is 0.348 e. The van der Waals surface area contributed by atoms with Crippen LogP contribution in [0.2, 0.25) is 0 Å². The first kappa shape index (κ1) is 18.2. The molecule has 0 aliphatic rings. The molecule has 3 rings (SSSR count). The number of hydrogen-bond acceptors (Lipinski definition) is 4. The summed E-state index contributed by atoms with van der Waals surface area (Å²) in [4.78, 5) is 17.0. The Morgan fingerprint density at radius 2 is 2.12 bits per heavy atom. The third-order valence-electron chi connectivity index (χ3n) is 4.11. The fraction of sp³-hybridized carbons (Fsp3) is 0.250. The quantitative estimate of drug-likeness (QED) is 0.724. The number of amides is 1. The topological polar surface area (TPSA) is 59.8 Å². The van der Waals surface area contributed by atoms with E-state index in [1.54, 1.807) is 16.4 Å². The number of aromatic nitrogens is 3. The van der Waals surface area contributed by atoms with Crippen molar-refractivity contribution in [1.29, 1.82) is 0 Å². The second kappa shape index (κ2) is 8.19. The summed E-state index contributed by atoms with van der Waals surface area (Å²) in [6.07, 6.45) is 5.89. The van der Waals surface area contributed by atoms with Gasteiger partial charge in [-0.25, -0.2) is 0 Å². The van der Waals surface area contributed by atoms with Crippen molar-refractivity contribution < 1.29 is 4.79 Å². The van der Waals surface area contributed by atoms with E-state index in [0.29, 0.717) is 12.1 Å². The van der Waals surface area contributed by atoms with Gasteiger partial charge in [-0.15, -0.1) is 0 Å². The summed E-state index contributed by atoms with van der Waals surface area (Å²) >= 11 is 1.77. The highest BCUT2D eigenvalue weighted by atomic mass is 32.2. The normalized spacial score (nSPS) is 10.7.